The molecule has 0 unspecified atom stereocenters. The van der Waals surface area contributed by atoms with Crippen LogP contribution in [-0.4, -0.2) is 30.0 Å². The second-order valence-electron chi connectivity index (χ2n) is 8.20. The van der Waals surface area contributed by atoms with E-state index in [1.165, 1.54) is 21.9 Å². The quantitative estimate of drug-likeness (QED) is 0.299. The smallest absolute Gasteiger partial charge is 0.270 e. The third-order valence-electron chi connectivity index (χ3n) is 6.01. The first-order valence-corrected chi connectivity index (χ1v) is 11.5. The van der Waals surface area contributed by atoms with Gasteiger partial charge in [-0.3, -0.25) is 19.4 Å². The number of hydrogen-bond donors (Lipinski definition) is 0. The van der Waals surface area contributed by atoms with Crippen LogP contribution in [0.15, 0.2) is 84.4 Å². The fraction of sp³-hybridized carbons (Fsp3) is 0.148. The minimum Gasteiger partial charge on any atom is -0.369 e. The molecule has 2 aliphatic heterocycles. The summed E-state index contributed by atoms with van der Waals surface area (Å²) in [5, 5.41) is 0.0695. The topological polar surface area (TPSA) is 43.9 Å². The maximum Gasteiger partial charge on any atom is 0.270 e. The molecule has 2 saturated heterocycles. The van der Waals surface area contributed by atoms with Crippen LogP contribution < -0.4 is 14.7 Å². The van der Waals surface area contributed by atoms with Gasteiger partial charge in [-0.25, -0.2) is 4.39 Å². The van der Waals surface area contributed by atoms with Crippen LogP contribution in [0, 0.1) is 5.82 Å². The lowest BCUT2D eigenvalue weighted by molar-refractivity contribution is -0.120. The Morgan fingerprint density at radius 2 is 1.29 bits per heavy atom. The molecule has 2 heterocycles. The zero-order valence-electron chi connectivity index (χ0n) is 18.4. The molecule has 0 spiro atoms. The molecule has 34 heavy (non-hydrogen) atoms. The number of amides is 2. The summed E-state index contributed by atoms with van der Waals surface area (Å²) in [5.41, 5.74) is 1.99. The summed E-state index contributed by atoms with van der Waals surface area (Å²) in [6, 6.07) is 22.7. The predicted molar refractivity (Wildman–Crippen MR) is 136 cm³/mol. The van der Waals surface area contributed by atoms with E-state index < -0.39 is 11.8 Å². The van der Waals surface area contributed by atoms with E-state index in [2.05, 4.69) is 0 Å². The van der Waals surface area contributed by atoms with E-state index in [-0.39, 0.29) is 16.5 Å². The van der Waals surface area contributed by atoms with Crippen molar-refractivity contribution in [2.24, 2.45) is 0 Å². The number of nitrogens with zero attached hydrogens (tertiary/aromatic N) is 3. The van der Waals surface area contributed by atoms with Gasteiger partial charge in [0.2, 0.25) is 0 Å². The Kier molecular flexibility index (Phi) is 5.94. The van der Waals surface area contributed by atoms with Crippen molar-refractivity contribution >= 4 is 52.3 Å². The van der Waals surface area contributed by atoms with Gasteiger partial charge in [0, 0.05) is 13.1 Å². The summed E-state index contributed by atoms with van der Waals surface area (Å²) in [4.78, 5) is 31.7. The number of benzene rings is 3. The minimum atomic E-state index is -0.544. The normalized spacial score (nSPS) is 16.4. The average molecular weight is 472 g/mol. The van der Waals surface area contributed by atoms with Crippen molar-refractivity contribution in [1.29, 1.82) is 0 Å². The van der Waals surface area contributed by atoms with E-state index in [1.54, 1.807) is 60.7 Å². The van der Waals surface area contributed by atoms with E-state index in [9.17, 15) is 14.0 Å². The van der Waals surface area contributed by atoms with Gasteiger partial charge in [0.15, 0.2) is 5.11 Å². The van der Waals surface area contributed by atoms with Crippen molar-refractivity contribution in [3.05, 3.63) is 95.8 Å². The SMILES string of the molecule is O=C1C(=Cc2ccc(N3CCCC3)c(F)c2)C(=O)N(c2ccccc2)C(=S)N1c1ccccc1. The molecule has 0 aromatic heterocycles. The third-order valence-corrected chi connectivity index (χ3v) is 6.37. The maximum atomic E-state index is 14.9. The fourth-order valence-corrected chi connectivity index (χ4v) is 4.71. The number of carbonyl (C=O) groups is 2. The van der Waals surface area contributed by atoms with Crippen molar-refractivity contribution in [3.8, 4) is 0 Å². The number of para-hydroxylation sites is 2. The summed E-state index contributed by atoms with van der Waals surface area (Å²) in [6.07, 6.45) is 3.52. The molecule has 0 aliphatic carbocycles. The number of anilines is 3. The lowest BCUT2D eigenvalue weighted by Crippen LogP contribution is -2.56. The molecule has 2 amide bonds. The van der Waals surface area contributed by atoms with Gasteiger partial charge in [0.1, 0.15) is 11.4 Å². The highest BCUT2D eigenvalue weighted by atomic mass is 32.1. The molecule has 7 heteroatoms. The molecule has 5 rings (SSSR count). The summed E-state index contributed by atoms with van der Waals surface area (Å²) in [7, 11) is 0. The lowest BCUT2D eigenvalue weighted by atomic mass is 10.0. The van der Waals surface area contributed by atoms with Crippen LogP contribution in [0.4, 0.5) is 21.5 Å². The van der Waals surface area contributed by atoms with Crippen molar-refractivity contribution in [3.63, 3.8) is 0 Å². The van der Waals surface area contributed by atoms with Crippen LogP contribution >= 0.6 is 12.2 Å². The Morgan fingerprint density at radius 1 is 0.765 bits per heavy atom. The molecule has 2 aliphatic rings. The number of rotatable bonds is 4. The zero-order chi connectivity index (χ0) is 23.7. The number of hydrogen-bond acceptors (Lipinski definition) is 4. The van der Waals surface area contributed by atoms with Crippen LogP contribution in [0.1, 0.15) is 18.4 Å². The van der Waals surface area contributed by atoms with Gasteiger partial charge in [-0.05, 0) is 73.1 Å². The van der Waals surface area contributed by atoms with Crippen molar-refractivity contribution < 1.29 is 14.0 Å². The van der Waals surface area contributed by atoms with Crippen molar-refractivity contribution in [2.45, 2.75) is 12.8 Å². The summed E-state index contributed by atoms with van der Waals surface area (Å²) in [5.74, 6) is -1.46. The van der Waals surface area contributed by atoms with Gasteiger partial charge < -0.3 is 4.90 Å². The van der Waals surface area contributed by atoms with Gasteiger partial charge >= 0.3 is 0 Å². The highest BCUT2D eigenvalue weighted by molar-refractivity contribution is 7.81. The standard InChI is InChI=1S/C27H22FN3O2S/c28-23-18-19(13-14-24(23)29-15-7-8-16-29)17-22-25(32)30(20-9-3-1-4-10-20)27(34)31(26(22)33)21-11-5-2-6-12-21/h1-6,9-14,17-18H,7-8,15-16H2. The van der Waals surface area contributed by atoms with E-state index in [4.69, 9.17) is 12.2 Å². The average Bonchev–Trinajstić information content (AvgIpc) is 3.38. The van der Waals surface area contributed by atoms with Crippen LogP contribution in [0.3, 0.4) is 0 Å². The van der Waals surface area contributed by atoms with E-state index in [1.807, 2.05) is 17.0 Å². The molecule has 3 aromatic rings. The van der Waals surface area contributed by atoms with Crippen LogP contribution in [0.5, 0.6) is 0 Å². The fourth-order valence-electron chi connectivity index (χ4n) is 4.33. The zero-order valence-corrected chi connectivity index (χ0v) is 19.2. The Bertz CT molecular complexity index is 1220. The Labute approximate surface area is 202 Å². The predicted octanol–water partition coefficient (Wildman–Crippen LogP) is 5.17. The highest BCUT2D eigenvalue weighted by Crippen LogP contribution is 2.31. The molecule has 3 aromatic carbocycles. The molecule has 2 fully saturated rings. The Hall–Kier alpha value is -3.84. The summed E-state index contributed by atoms with van der Waals surface area (Å²) in [6.45, 7) is 1.65. The Balaban J connectivity index is 1.58. The maximum absolute atomic E-state index is 14.9. The second kappa shape index (κ2) is 9.19. The largest absolute Gasteiger partial charge is 0.369 e. The number of carbonyl (C=O) groups excluding carboxylic acids is 2. The summed E-state index contributed by atoms with van der Waals surface area (Å²) >= 11 is 5.60. The van der Waals surface area contributed by atoms with Gasteiger partial charge in [-0.2, -0.15) is 0 Å². The van der Waals surface area contributed by atoms with Crippen molar-refractivity contribution in [2.75, 3.05) is 27.8 Å². The first-order chi connectivity index (χ1) is 16.5. The highest BCUT2D eigenvalue weighted by Gasteiger charge is 2.41. The van der Waals surface area contributed by atoms with Crippen LogP contribution in [-0.2, 0) is 9.59 Å². The first-order valence-electron chi connectivity index (χ1n) is 11.1. The number of thiocarbonyl (C=S) groups is 1. The first kappa shape index (κ1) is 22.0. The molecule has 170 valence electrons. The second-order valence-corrected chi connectivity index (χ2v) is 8.56. The molecular weight excluding hydrogens is 449 g/mol. The lowest BCUT2D eigenvalue weighted by Gasteiger charge is -2.36. The molecule has 5 nitrogen and oxygen atoms in total. The Morgan fingerprint density at radius 3 is 1.79 bits per heavy atom. The van der Waals surface area contributed by atoms with Gasteiger partial charge in [0.25, 0.3) is 11.8 Å². The van der Waals surface area contributed by atoms with Gasteiger partial charge in [-0.1, -0.05) is 42.5 Å². The molecule has 0 N–H and O–H groups in total. The van der Waals surface area contributed by atoms with Crippen LogP contribution in [0.25, 0.3) is 6.08 Å². The monoisotopic (exact) mass is 471 g/mol. The van der Waals surface area contributed by atoms with Gasteiger partial charge in [-0.15, -0.1) is 0 Å². The minimum absolute atomic E-state index is 0.0695. The molecular formula is C27H22FN3O2S. The van der Waals surface area contributed by atoms with Crippen LogP contribution in [0.2, 0.25) is 0 Å². The molecule has 0 atom stereocenters. The number of halogens is 1. The van der Waals surface area contributed by atoms with Gasteiger partial charge in [0.05, 0.1) is 17.1 Å². The van der Waals surface area contributed by atoms with E-state index in [0.29, 0.717) is 22.6 Å². The molecule has 0 bridgehead atoms. The van der Waals surface area contributed by atoms with Crippen molar-refractivity contribution in [1.82, 2.24) is 0 Å². The molecule has 0 saturated carbocycles. The summed E-state index contributed by atoms with van der Waals surface area (Å²) < 4.78 is 14.9. The third kappa shape index (κ3) is 3.99. The van der Waals surface area contributed by atoms with E-state index in [0.717, 1.165) is 25.9 Å². The van der Waals surface area contributed by atoms with E-state index >= 15 is 0 Å². The molecule has 0 radical (unpaired) electrons.